The van der Waals surface area contributed by atoms with E-state index in [4.69, 9.17) is 0 Å². The fourth-order valence-electron chi connectivity index (χ4n) is 6.05. The maximum absolute atomic E-state index is 4.22. The molecule has 0 spiro atoms. The van der Waals surface area contributed by atoms with Crippen LogP contribution in [0, 0.1) is 23.2 Å². The van der Waals surface area contributed by atoms with Crippen molar-refractivity contribution in [3.63, 3.8) is 0 Å². The summed E-state index contributed by atoms with van der Waals surface area (Å²) < 4.78 is 0.622. The van der Waals surface area contributed by atoms with Gasteiger partial charge in [0.05, 0.1) is 0 Å². The first-order valence-corrected chi connectivity index (χ1v) is 10.5. The van der Waals surface area contributed by atoms with Crippen molar-refractivity contribution in [2.75, 3.05) is 5.75 Å². The molecule has 124 valence electrons. The third kappa shape index (κ3) is 2.43. The zero-order chi connectivity index (χ0) is 16.0. The molecule has 0 aromatic carbocycles. The van der Waals surface area contributed by atoms with Crippen molar-refractivity contribution >= 4 is 11.8 Å². The molecule has 4 rings (SSSR count). The molecule has 1 saturated heterocycles. The Bertz CT molecular complexity index is 476. The van der Waals surface area contributed by atoms with Crippen LogP contribution in [0.2, 0.25) is 0 Å². The zero-order valence-electron chi connectivity index (χ0n) is 15.1. The number of hydrogen-bond acceptors (Lipinski definition) is 1. The lowest BCUT2D eigenvalue weighted by Gasteiger charge is -2.57. The summed E-state index contributed by atoms with van der Waals surface area (Å²) in [7, 11) is 0. The molecular formula is C21H34S. The van der Waals surface area contributed by atoms with Gasteiger partial charge in [-0.25, -0.2) is 0 Å². The Kier molecular flexibility index (Phi) is 4.58. The van der Waals surface area contributed by atoms with Crippen LogP contribution in [-0.2, 0) is 0 Å². The smallest absolute Gasteiger partial charge is 0.0163 e. The molecule has 22 heavy (non-hydrogen) atoms. The largest absolute Gasteiger partial charge is 0.155 e. The molecule has 1 heteroatoms. The first kappa shape index (κ1) is 16.7. The predicted octanol–water partition coefficient (Wildman–Crippen LogP) is 6.63. The lowest BCUT2D eigenvalue weighted by molar-refractivity contribution is 0.00965. The molecule has 0 aromatic rings. The first-order chi connectivity index (χ1) is 10.5. The molecular weight excluding hydrogens is 284 g/mol. The van der Waals surface area contributed by atoms with Crippen LogP contribution in [0.15, 0.2) is 23.8 Å². The summed E-state index contributed by atoms with van der Waals surface area (Å²) in [4.78, 5) is 0. The molecule has 0 radical (unpaired) electrons. The lowest BCUT2D eigenvalue weighted by atomic mass is 9.49. The highest BCUT2D eigenvalue weighted by Gasteiger charge is 2.56. The quantitative estimate of drug-likeness (QED) is 0.483. The summed E-state index contributed by atoms with van der Waals surface area (Å²) in [6, 6.07) is 0. The van der Waals surface area contributed by atoms with Crippen molar-refractivity contribution in [2.45, 2.75) is 77.4 Å². The molecule has 2 saturated carbocycles. The van der Waals surface area contributed by atoms with Crippen LogP contribution >= 0.6 is 11.8 Å². The van der Waals surface area contributed by atoms with Crippen LogP contribution in [0.5, 0.6) is 0 Å². The van der Waals surface area contributed by atoms with E-state index in [9.17, 15) is 0 Å². The topological polar surface area (TPSA) is 0 Å². The zero-order valence-corrected chi connectivity index (χ0v) is 15.9. The Labute approximate surface area is 142 Å². The molecule has 1 aliphatic heterocycles. The second-order valence-corrected chi connectivity index (χ2v) is 9.78. The highest BCUT2D eigenvalue weighted by atomic mass is 32.2. The van der Waals surface area contributed by atoms with E-state index in [0.717, 1.165) is 17.8 Å². The van der Waals surface area contributed by atoms with Crippen LogP contribution < -0.4 is 0 Å². The Balaban J connectivity index is 0.000000693. The van der Waals surface area contributed by atoms with Gasteiger partial charge in [-0.1, -0.05) is 51.5 Å². The van der Waals surface area contributed by atoms with Crippen LogP contribution in [0.3, 0.4) is 0 Å². The van der Waals surface area contributed by atoms with Crippen LogP contribution in [0.4, 0.5) is 0 Å². The normalized spacial score (nSPS) is 46.6. The maximum atomic E-state index is 4.22. The number of fused-ring (bicyclic) bond motifs is 5. The number of allylic oxidation sites excluding steroid dienone is 3. The summed E-state index contributed by atoms with van der Waals surface area (Å²) >= 11 is 2.28. The monoisotopic (exact) mass is 318 g/mol. The molecule has 5 unspecified atom stereocenters. The number of thioether (sulfide) groups is 1. The minimum absolute atomic E-state index is 0.513. The van der Waals surface area contributed by atoms with E-state index in [-0.39, 0.29) is 0 Å². The molecule has 3 fully saturated rings. The minimum Gasteiger partial charge on any atom is -0.155 e. The van der Waals surface area contributed by atoms with Crippen molar-refractivity contribution in [3.05, 3.63) is 23.8 Å². The molecule has 0 bridgehead atoms. The number of rotatable bonds is 0. The van der Waals surface area contributed by atoms with Crippen molar-refractivity contribution in [1.29, 1.82) is 0 Å². The molecule has 0 nitrogen and oxygen atoms in total. The fourth-order valence-corrected chi connectivity index (χ4v) is 7.66. The molecule has 5 atom stereocenters. The molecule has 4 aliphatic rings. The van der Waals surface area contributed by atoms with E-state index in [1.165, 1.54) is 56.3 Å². The Hall–Kier alpha value is -0.170. The van der Waals surface area contributed by atoms with Gasteiger partial charge in [-0.3, -0.25) is 0 Å². The van der Waals surface area contributed by atoms with Gasteiger partial charge in [0.1, 0.15) is 0 Å². The second-order valence-electron chi connectivity index (χ2n) is 8.15. The van der Waals surface area contributed by atoms with E-state index in [2.05, 4.69) is 38.3 Å². The summed E-state index contributed by atoms with van der Waals surface area (Å²) in [6.45, 7) is 13.4. The molecule has 0 amide bonds. The van der Waals surface area contributed by atoms with Crippen LogP contribution in [-0.4, -0.2) is 10.5 Å². The summed E-state index contributed by atoms with van der Waals surface area (Å²) in [5.74, 6) is 4.40. The van der Waals surface area contributed by atoms with Gasteiger partial charge >= 0.3 is 0 Å². The third-order valence-electron chi connectivity index (χ3n) is 7.27. The first-order valence-electron chi connectivity index (χ1n) is 9.56. The third-order valence-corrected chi connectivity index (χ3v) is 8.88. The van der Waals surface area contributed by atoms with Crippen LogP contribution in [0.1, 0.15) is 72.6 Å². The van der Waals surface area contributed by atoms with Crippen molar-refractivity contribution in [3.8, 4) is 0 Å². The fraction of sp³-hybridized carbons (Fsp3) is 0.810. The van der Waals surface area contributed by atoms with Gasteiger partial charge < -0.3 is 0 Å². The molecule has 1 heterocycles. The Morgan fingerprint density at radius 1 is 1.05 bits per heavy atom. The predicted molar refractivity (Wildman–Crippen MR) is 100 cm³/mol. The Morgan fingerprint density at radius 2 is 1.82 bits per heavy atom. The minimum atomic E-state index is 0.513. The van der Waals surface area contributed by atoms with Gasteiger partial charge in [0.2, 0.25) is 0 Å². The van der Waals surface area contributed by atoms with Gasteiger partial charge in [-0.2, -0.15) is 11.8 Å². The van der Waals surface area contributed by atoms with Crippen LogP contribution in [0.25, 0.3) is 0 Å². The summed E-state index contributed by atoms with van der Waals surface area (Å²) in [5, 5.41) is 0. The second kappa shape index (κ2) is 6.04. The van der Waals surface area contributed by atoms with Gasteiger partial charge in [0, 0.05) is 4.75 Å². The number of hydrogen-bond donors (Lipinski definition) is 0. The van der Waals surface area contributed by atoms with Gasteiger partial charge in [-0.15, -0.1) is 0 Å². The standard InChI is InChI=1S/C19H28S.C2H6/c1-13-6-9-18(2)14(12-13)4-5-15-16(18)7-10-19(3)17(15)8-11-20-19;1-2/h12,15-17H,1,4-11H2,2-3H3;1-2H3. The highest BCUT2D eigenvalue weighted by molar-refractivity contribution is 8.00. The van der Waals surface area contributed by atoms with Crippen molar-refractivity contribution in [1.82, 2.24) is 0 Å². The van der Waals surface area contributed by atoms with E-state index in [1.807, 2.05) is 13.8 Å². The average molecular weight is 319 g/mol. The van der Waals surface area contributed by atoms with Crippen molar-refractivity contribution in [2.24, 2.45) is 23.2 Å². The molecule has 3 aliphatic carbocycles. The summed E-state index contributed by atoms with van der Waals surface area (Å²) in [5.41, 5.74) is 3.65. The van der Waals surface area contributed by atoms with E-state index >= 15 is 0 Å². The van der Waals surface area contributed by atoms with E-state index in [0.29, 0.717) is 10.2 Å². The van der Waals surface area contributed by atoms with E-state index < -0.39 is 0 Å². The van der Waals surface area contributed by atoms with Gasteiger partial charge in [0.15, 0.2) is 0 Å². The average Bonchev–Trinajstić information content (AvgIpc) is 2.92. The molecule has 0 aromatic heterocycles. The lowest BCUT2D eigenvalue weighted by Crippen LogP contribution is -2.50. The SMILES string of the molecule is C=C1C=C2CCC3C4CCSC4(C)CCC3C2(C)CC1.CC. The maximum Gasteiger partial charge on any atom is 0.0163 e. The highest BCUT2D eigenvalue weighted by Crippen LogP contribution is 2.64. The van der Waals surface area contributed by atoms with Gasteiger partial charge in [0.25, 0.3) is 0 Å². The summed E-state index contributed by atoms with van der Waals surface area (Å²) in [6.07, 6.45) is 12.3. The molecule has 0 N–H and O–H groups in total. The van der Waals surface area contributed by atoms with Gasteiger partial charge in [-0.05, 0) is 73.9 Å². The van der Waals surface area contributed by atoms with E-state index in [1.54, 1.807) is 5.57 Å². The Morgan fingerprint density at radius 3 is 2.59 bits per heavy atom. The van der Waals surface area contributed by atoms with Crippen molar-refractivity contribution < 1.29 is 0 Å².